The fraction of sp³-hybridized carbons (Fsp3) is 0.640. The third-order valence-electron chi connectivity index (χ3n) is 6.29. The molecule has 1 amide bonds. The smallest absolute Gasteiger partial charge is 0.306 e. The van der Waals surface area contributed by atoms with Crippen molar-refractivity contribution in [2.24, 2.45) is 11.8 Å². The van der Waals surface area contributed by atoms with Gasteiger partial charge >= 0.3 is 5.97 Å². The molecule has 1 heterocycles. The molecule has 1 unspecified atom stereocenters. The highest BCUT2D eigenvalue weighted by Gasteiger charge is 2.30. The monoisotopic (exact) mass is 490 g/mol. The molecule has 0 bridgehead atoms. The number of amides is 1. The molecule has 1 aliphatic heterocycles. The van der Waals surface area contributed by atoms with Gasteiger partial charge in [-0.25, -0.2) is 0 Å². The third kappa shape index (κ3) is 7.56. The lowest BCUT2D eigenvalue weighted by Gasteiger charge is -2.38. The summed E-state index contributed by atoms with van der Waals surface area (Å²) in [5, 5.41) is 3.62. The first kappa shape index (κ1) is 26.2. The number of carbonyl (C=O) groups excluding carboxylic acids is 2. The van der Waals surface area contributed by atoms with Crippen LogP contribution in [0.5, 0.6) is 0 Å². The third-order valence-corrected chi connectivity index (χ3v) is 6.49. The van der Waals surface area contributed by atoms with E-state index in [9.17, 15) is 9.59 Å². The van der Waals surface area contributed by atoms with E-state index >= 15 is 0 Å². The Bertz CT molecular complexity index is 868. The molecule has 0 spiro atoms. The number of nitrogens with zero attached hydrogens (tertiary/aromatic N) is 1. The summed E-state index contributed by atoms with van der Waals surface area (Å²) >= 11 is 5.50. The van der Waals surface area contributed by atoms with Gasteiger partial charge in [0.2, 0.25) is 5.91 Å². The van der Waals surface area contributed by atoms with E-state index in [1.54, 1.807) is 0 Å². The van der Waals surface area contributed by atoms with Gasteiger partial charge in [-0.2, -0.15) is 0 Å². The number of nitrogens with one attached hydrogen (secondary N) is 3. The van der Waals surface area contributed by atoms with E-state index in [0.29, 0.717) is 23.5 Å². The Morgan fingerprint density at radius 2 is 1.85 bits per heavy atom. The Kier molecular flexibility index (Phi) is 9.53. The maximum absolute atomic E-state index is 12.0. The number of hydrazine groups is 1. The van der Waals surface area contributed by atoms with Crippen LogP contribution in [0.4, 0.5) is 11.4 Å². The molecule has 188 valence electrons. The first-order valence-electron chi connectivity index (χ1n) is 12.2. The number of hydrogen-bond acceptors (Lipinski definition) is 6. The second kappa shape index (κ2) is 12.4. The Balaban J connectivity index is 1.86. The summed E-state index contributed by atoms with van der Waals surface area (Å²) in [5.41, 5.74) is 8.44. The highest BCUT2D eigenvalue weighted by Crippen LogP contribution is 2.35. The molecule has 1 aliphatic carbocycles. The van der Waals surface area contributed by atoms with Gasteiger partial charge in [0.05, 0.1) is 24.9 Å². The van der Waals surface area contributed by atoms with E-state index < -0.39 is 0 Å². The van der Waals surface area contributed by atoms with Gasteiger partial charge in [-0.05, 0) is 67.4 Å². The maximum Gasteiger partial charge on any atom is 0.306 e. The lowest BCUT2D eigenvalue weighted by Crippen LogP contribution is -2.45. The number of ether oxygens (including phenoxy) is 2. The van der Waals surface area contributed by atoms with Crippen molar-refractivity contribution in [2.75, 3.05) is 37.1 Å². The van der Waals surface area contributed by atoms with Crippen molar-refractivity contribution < 1.29 is 19.1 Å². The lowest BCUT2D eigenvalue weighted by atomic mass is 9.95. The fourth-order valence-corrected chi connectivity index (χ4v) is 4.38. The van der Waals surface area contributed by atoms with Crippen molar-refractivity contribution in [1.29, 1.82) is 0 Å². The largest absolute Gasteiger partial charge is 0.469 e. The van der Waals surface area contributed by atoms with Crippen LogP contribution in [0.3, 0.4) is 0 Å². The molecule has 8 nitrogen and oxygen atoms in total. The van der Waals surface area contributed by atoms with Crippen LogP contribution in [-0.2, 0) is 19.1 Å². The maximum atomic E-state index is 12.0. The average molecular weight is 491 g/mol. The van der Waals surface area contributed by atoms with Crippen molar-refractivity contribution >= 4 is 40.6 Å². The number of hydrogen-bond donors (Lipinski definition) is 3. The summed E-state index contributed by atoms with van der Waals surface area (Å²) in [7, 11) is 1.41. The molecular formula is C25H38N4O4S. The molecule has 1 atom stereocenters. The van der Waals surface area contributed by atoms with E-state index in [4.69, 9.17) is 21.7 Å². The van der Waals surface area contributed by atoms with Gasteiger partial charge in [-0.1, -0.05) is 26.8 Å². The van der Waals surface area contributed by atoms with Crippen LogP contribution >= 0.6 is 12.2 Å². The topological polar surface area (TPSA) is 91.9 Å². The molecule has 9 heteroatoms. The Hall–Kier alpha value is -2.39. The molecular weight excluding hydrogens is 452 g/mol. The quantitative estimate of drug-likeness (QED) is 0.274. The van der Waals surface area contributed by atoms with Crippen molar-refractivity contribution in [3.8, 4) is 0 Å². The predicted octanol–water partition coefficient (Wildman–Crippen LogP) is 3.72. The van der Waals surface area contributed by atoms with Crippen molar-refractivity contribution in [1.82, 2.24) is 10.9 Å². The van der Waals surface area contributed by atoms with Gasteiger partial charge in [-0.3, -0.25) is 20.4 Å². The van der Waals surface area contributed by atoms with E-state index in [-0.39, 0.29) is 23.7 Å². The Morgan fingerprint density at radius 1 is 1.15 bits per heavy atom. The molecule has 2 fully saturated rings. The first-order valence-corrected chi connectivity index (χ1v) is 12.6. The Morgan fingerprint density at radius 3 is 2.47 bits per heavy atom. The van der Waals surface area contributed by atoms with Gasteiger partial charge in [0.1, 0.15) is 0 Å². The molecule has 1 saturated heterocycles. The van der Waals surface area contributed by atoms with Crippen LogP contribution in [-0.4, -0.2) is 49.9 Å². The summed E-state index contributed by atoms with van der Waals surface area (Å²) in [6.45, 7) is 8.84. The first-order chi connectivity index (χ1) is 16.3. The highest BCUT2D eigenvalue weighted by molar-refractivity contribution is 7.80. The zero-order valence-electron chi connectivity index (χ0n) is 20.7. The zero-order chi connectivity index (χ0) is 24.7. The van der Waals surface area contributed by atoms with Crippen LogP contribution in [0.15, 0.2) is 18.2 Å². The molecule has 1 saturated carbocycles. The second-order valence-electron chi connectivity index (χ2n) is 9.69. The van der Waals surface area contributed by atoms with Gasteiger partial charge in [0.15, 0.2) is 5.11 Å². The number of rotatable bonds is 9. The molecule has 1 aromatic rings. The molecule has 0 radical (unpaired) electrons. The normalized spacial score (nSPS) is 17.1. The minimum absolute atomic E-state index is 0.0141. The molecule has 1 aromatic carbocycles. The number of carbonyl (C=O) groups is 2. The number of methoxy groups -OCH3 is 1. The van der Waals surface area contributed by atoms with E-state index in [1.165, 1.54) is 7.11 Å². The number of benzene rings is 1. The fourth-order valence-electron chi connectivity index (χ4n) is 4.22. The average Bonchev–Trinajstić information content (AvgIpc) is 3.67. The van der Waals surface area contributed by atoms with Crippen LogP contribution in [0.25, 0.3) is 0 Å². The van der Waals surface area contributed by atoms with Crippen LogP contribution in [0, 0.1) is 11.8 Å². The molecule has 0 aromatic heterocycles. The Labute approximate surface area is 208 Å². The minimum atomic E-state index is -0.241. The van der Waals surface area contributed by atoms with Crippen LogP contribution in [0.2, 0.25) is 0 Å². The van der Waals surface area contributed by atoms with Gasteiger partial charge in [0.25, 0.3) is 0 Å². The van der Waals surface area contributed by atoms with Crippen molar-refractivity contribution in [2.45, 2.75) is 64.8 Å². The van der Waals surface area contributed by atoms with E-state index in [0.717, 1.165) is 62.4 Å². The van der Waals surface area contributed by atoms with Crippen LogP contribution < -0.4 is 21.1 Å². The lowest BCUT2D eigenvalue weighted by molar-refractivity contribution is -0.141. The number of thiocarbonyl (C=S) groups is 1. The second-order valence-corrected chi connectivity index (χ2v) is 10.1. The SMILES string of the molecule is COC(=O)CC(C)c1ccc(N(CC(C)C)C2CCOCC2)c(NC(=S)NNC(=O)C2CC2)c1. The summed E-state index contributed by atoms with van der Waals surface area (Å²) < 4.78 is 10.5. The minimum Gasteiger partial charge on any atom is -0.469 e. The molecule has 2 aliphatic rings. The summed E-state index contributed by atoms with van der Waals surface area (Å²) in [6, 6.07) is 6.60. The van der Waals surface area contributed by atoms with Crippen molar-refractivity contribution in [3.63, 3.8) is 0 Å². The molecule has 3 N–H and O–H groups in total. The van der Waals surface area contributed by atoms with E-state index in [2.05, 4.69) is 47.0 Å². The van der Waals surface area contributed by atoms with Gasteiger partial charge in [0, 0.05) is 31.7 Å². The number of anilines is 2. The highest BCUT2D eigenvalue weighted by atomic mass is 32.1. The van der Waals surface area contributed by atoms with E-state index in [1.807, 2.05) is 13.0 Å². The zero-order valence-corrected chi connectivity index (χ0v) is 21.5. The summed E-state index contributed by atoms with van der Waals surface area (Å²) in [4.78, 5) is 26.3. The molecule has 34 heavy (non-hydrogen) atoms. The van der Waals surface area contributed by atoms with Crippen molar-refractivity contribution in [3.05, 3.63) is 23.8 Å². The van der Waals surface area contributed by atoms with Crippen LogP contribution in [0.1, 0.15) is 64.4 Å². The number of esters is 1. The summed E-state index contributed by atoms with van der Waals surface area (Å²) in [6.07, 6.45) is 4.07. The summed E-state index contributed by atoms with van der Waals surface area (Å²) in [5.74, 6) is 0.267. The van der Waals surface area contributed by atoms with Gasteiger partial charge < -0.3 is 19.7 Å². The molecule has 3 rings (SSSR count). The van der Waals surface area contributed by atoms with Gasteiger partial charge in [-0.15, -0.1) is 0 Å². The predicted molar refractivity (Wildman–Crippen MR) is 138 cm³/mol. The standard InChI is InChI=1S/C25H38N4O4S/c1-16(2)15-29(20-9-11-33-12-10-20)22-8-7-19(17(3)13-23(30)32-4)14-21(22)26-25(34)28-27-24(31)18-5-6-18/h7-8,14,16-18,20H,5-6,9-13,15H2,1-4H3,(H,27,31)(H2,26,28,34).